The number of nitrogens with one attached hydrogen (secondary N) is 1. The molecule has 1 aromatic carbocycles. The normalized spacial score (nSPS) is 14.3. The minimum atomic E-state index is -3.77. The maximum Gasteiger partial charge on any atom is 0.242 e. The van der Waals surface area contributed by atoms with Crippen molar-refractivity contribution < 1.29 is 13.5 Å². The van der Waals surface area contributed by atoms with E-state index in [2.05, 4.69) is 4.72 Å². The molecule has 0 fully saturated rings. The molecule has 0 aliphatic rings. The van der Waals surface area contributed by atoms with Gasteiger partial charge in [-0.3, -0.25) is 0 Å². The van der Waals surface area contributed by atoms with Gasteiger partial charge in [0.15, 0.2) is 0 Å². The summed E-state index contributed by atoms with van der Waals surface area (Å²) in [5.41, 5.74) is 0.0889. The standard InChI is InChI=1S/C13H19Cl2NO3S/c1-8(13(2,3)4)16-20(18,19)12-5-9(7-17)10(14)6-11(12)15/h5-6,8,16-17H,7H2,1-4H3. The Labute approximate surface area is 130 Å². The molecule has 4 nitrogen and oxygen atoms in total. The SMILES string of the molecule is CC(NS(=O)(=O)c1cc(CO)c(Cl)cc1Cl)C(C)(C)C. The zero-order valence-corrected chi connectivity index (χ0v) is 14.2. The molecule has 0 aliphatic heterocycles. The van der Waals surface area contributed by atoms with Crippen molar-refractivity contribution in [2.45, 2.75) is 45.2 Å². The van der Waals surface area contributed by atoms with Crippen molar-refractivity contribution in [3.05, 3.63) is 27.7 Å². The Morgan fingerprint density at radius 3 is 2.25 bits per heavy atom. The van der Waals surface area contributed by atoms with Crippen molar-refractivity contribution in [2.75, 3.05) is 0 Å². The summed E-state index contributed by atoms with van der Waals surface area (Å²) in [4.78, 5) is -0.0799. The van der Waals surface area contributed by atoms with Gasteiger partial charge in [-0.05, 0) is 30.0 Å². The molecule has 1 unspecified atom stereocenters. The molecular formula is C13H19Cl2NO3S. The van der Waals surface area contributed by atoms with E-state index in [4.69, 9.17) is 28.3 Å². The maximum absolute atomic E-state index is 12.4. The molecule has 0 aromatic heterocycles. The van der Waals surface area contributed by atoms with E-state index < -0.39 is 10.0 Å². The minimum Gasteiger partial charge on any atom is -0.392 e. The number of hydrogen-bond acceptors (Lipinski definition) is 3. The fraction of sp³-hybridized carbons (Fsp3) is 0.538. The van der Waals surface area contributed by atoms with Gasteiger partial charge in [-0.25, -0.2) is 13.1 Å². The molecule has 0 saturated heterocycles. The van der Waals surface area contributed by atoms with E-state index in [1.807, 2.05) is 20.8 Å². The quantitative estimate of drug-likeness (QED) is 0.885. The lowest BCUT2D eigenvalue weighted by atomic mass is 9.89. The number of sulfonamides is 1. The fourth-order valence-corrected chi connectivity index (χ4v) is 3.68. The molecule has 0 amide bonds. The maximum atomic E-state index is 12.4. The molecule has 0 heterocycles. The Balaban J connectivity index is 3.23. The fourth-order valence-electron chi connectivity index (χ4n) is 1.37. The molecule has 1 atom stereocenters. The number of aliphatic hydroxyl groups is 1. The summed E-state index contributed by atoms with van der Waals surface area (Å²) < 4.78 is 27.3. The monoisotopic (exact) mass is 339 g/mol. The number of hydrogen-bond donors (Lipinski definition) is 2. The third kappa shape index (κ3) is 4.09. The van der Waals surface area contributed by atoms with Gasteiger partial charge in [-0.1, -0.05) is 44.0 Å². The molecule has 1 rings (SSSR count). The number of halogens is 2. The summed E-state index contributed by atoms with van der Waals surface area (Å²) in [6.07, 6.45) is 0. The van der Waals surface area contributed by atoms with E-state index in [0.717, 1.165) is 0 Å². The first-order chi connectivity index (χ1) is 8.99. The highest BCUT2D eigenvalue weighted by molar-refractivity contribution is 7.89. The van der Waals surface area contributed by atoms with Gasteiger partial charge < -0.3 is 5.11 Å². The lowest BCUT2D eigenvalue weighted by Crippen LogP contribution is -2.41. The van der Waals surface area contributed by atoms with Crippen LogP contribution in [-0.2, 0) is 16.6 Å². The summed E-state index contributed by atoms with van der Waals surface area (Å²) in [5.74, 6) is 0. The smallest absolute Gasteiger partial charge is 0.242 e. The largest absolute Gasteiger partial charge is 0.392 e. The highest BCUT2D eigenvalue weighted by Gasteiger charge is 2.27. The molecule has 1 aromatic rings. The zero-order valence-electron chi connectivity index (χ0n) is 11.9. The highest BCUT2D eigenvalue weighted by Crippen LogP contribution is 2.30. The van der Waals surface area contributed by atoms with Gasteiger partial charge in [0.25, 0.3) is 0 Å². The van der Waals surface area contributed by atoms with Gasteiger partial charge in [0, 0.05) is 11.1 Å². The molecule has 0 aliphatic carbocycles. The van der Waals surface area contributed by atoms with Crippen molar-refractivity contribution in [2.24, 2.45) is 5.41 Å². The van der Waals surface area contributed by atoms with E-state index >= 15 is 0 Å². The Hall–Kier alpha value is -0.330. The molecule has 20 heavy (non-hydrogen) atoms. The van der Waals surface area contributed by atoms with Gasteiger partial charge in [0.05, 0.1) is 11.6 Å². The molecule has 0 bridgehead atoms. The van der Waals surface area contributed by atoms with E-state index in [0.29, 0.717) is 5.56 Å². The first kappa shape index (κ1) is 17.7. The second-order valence-corrected chi connectivity index (χ2v) is 8.24. The molecule has 7 heteroatoms. The van der Waals surface area contributed by atoms with E-state index in [-0.39, 0.29) is 33.0 Å². The van der Waals surface area contributed by atoms with E-state index in [9.17, 15) is 8.42 Å². The predicted molar refractivity (Wildman–Crippen MR) is 81.6 cm³/mol. The topological polar surface area (TPSA) is 66.4 Å². The Bertz CT molecular complexity index is 594. The number of aliphatic hydroxyl groups excluding tert-OH is 1. The highest BCUT2D eigenvalue weighted by atomic mass is 35.5. The minimum absolute atomic E-state index is 0.0285. The van der Waals surface area contributed by atoms with Crippen LogP contribution >= 0.6 is 23.2 Å². The van der Waals surface area contributed by atoms with E-state index in [1.165, 1.54) is 12.1 Å². The van der Waals surface area contributed by atoms with E-state index in [1.54, 1.807) is 6.92 Å². The third-order valence-corrected chi connectivity index (χ3v) is 5.55. The van der Waals surface area contributed by atoms with Crippen LogP contribution in [0.25, 0.3) is 0 Å². The molecular weight excluding hydrogens is 321 g/mol. The van der Waals surface area contributed by atoms with Crippen LogP contribution in [0.3, 0.4) is 0 Å². The average molecular weight is 340 g/mol. The van der Waals surface area contributed by atoms with Crippen molar-refractivity contribution in [3.63, 3.8) is 0 Å². The summed E-state index contributed by atoms with van der Waals surface area (Å²) in [5, 5.41) is 9.43. The van der Waals surface area contributed by atoms with Gasteiger partial charge in [-0.2, -0.15) is 0 Å². The van der Waals surface area contributed by atoms with Gasteiger partial charge in [0.1, 0.15) is 4.90 Å². The van der Waals surface area contributed by atoms with Gasteiger partial charge in [0.2, 0.25) is 10.0 Å². The van der Waals surface area contributed by atoms with Crippen LogP contribution < -0.4 is 4.72 Å². The molecule has 2 N–H and O–H groups in total. The Morgan fingerprint density at radius 1 is 1.25 bits per heavy atom. The van der Waals surface area contributed by atoms with Crippen LogP contribution in [0.2, 0.25) is 10.0 Å². The predicted octanol–water partition coefficient (Wildman–Crippen LogP) is 3.20. The van der Waals surface area contributed by atoms with Crippen LogP contribution in [0.15, 0.2) is 17.0 Å². The van der Waals surface area contributed by atoms with Crippen molar-refractivity contribution >= 4 is 33.2 Å². The van der Waals surface area contributed by atoms with Gasteiger partial charge in [-0.15, -0.1) is 0 Å². The van der Waals surface area contributed by atoms with Crippen LogP contribution in [0, 0.1) is 5.41 Å². The van der Waals surface area contributed by atoms with Crippen LogP contribution in [0.4, 0.5) is 0 Å². The average Bonchev–Trinajstić information content (AvgIpc) is 2.26. The third-order valence-electron chi connectivity index (χ3n) is 3.19. The van der Waals surface area contributed by atoms with Crippen LogP contribution in [-0.4, -0.2) is 19.6 Å². The van der Waals surface area contributed by atoms with Crippen molar-refractivity contribution in [1.82, 2.24) is 4.72 Å². The lowest BCUT2D eigenvalue weighted by molar-refractivity contribution is 0.281. The summed E-state index contributed by atoms with van der Waals surface area (Å²) >= 11 is 11.8. The Kier molecular flexibility index (Phi) is 5.49. The number of benzene rings is 1. The summed E-state index contributed by atoms with van der Waals surface area (Å²) in [6.45, 7) is 7.23. The molecule has 0 spiro atoms. The second-order valence-electron chi connectivity index (χ2n) is 5.74. The summed E-state index contributed by atoms with van der Waals surface area (Å²) in [7, 11) is -3.77. The van der Waals surface area contributed by atoms with Crippen molar-refractivity contribution in [1.29, 1.82) is 0 Å². The van der Waals surface area contributed by atoms with Crippen LogP contribution in [0.5, 0.6) is 0 Å². The Morgan fingerprint density at radius 2 is 1.80 bits per heavy atom. The lowest BCUT2D eigenvalue weighted by Gasteiger charge is -2.28. The first-order valence-electron chi connectivity index (χ1n) is 6.10. The molecule has 0 saturated carbocycles. The van der Waals surface area contributed by atoms with Gasteiger partial charge >= 0.3 is 0 Å². The number of rotatable bonds is 4. The molecule has 114 valence electrons. The van der Waals surface area contributed by atoms with Crippen LogP contribution in [0.1, 0.15) is 33.3 Å². The first-order valence-corrected chi connectivity index (χ1v) is 8.34. The zero-order chi connectivity index (χ0) is 15.7. The summed E-state index contributed by atoms with van der Waals surface area (Å²) in [6, 6.07) is 2.34. The molecule has 0 radical (unpaired) electrons. The second kappa shape index (κ2) is 6.20. The van der Waals surface area contributed by atoms with Crippen molar-refractivity contribution in [3.8, 4) is 0 Å².